The Bertz CT molecular complexity index is 1050. The minimum absolute atomic E-state index is 0.150. The van der Waals surface area contributed by atoms with Crippen LogP contribution in [0, 0.1) is 5.92 Å². The van der Waals surface area contributed by atoms with Gasteiger partial charge in [-0.15, -0.1) is 0 Å². The van der Waals surface area contributed by atoms with Gasteiger partial charge in [0.15, 0.2) is 0 Å². The van der Waals surface area contributed by atoms with Crippen LogP contribution in [-0.2, 0) is 19.7 Å². The molecule has 2 aromatic rings. The fourth-order valence-electron chi connectivity index (χ4n) is 5.63. The standard InChI is InChI=1S/C25H26N2O4/c1-30-24(29)18-15-17(11-14-31-23(28)16-7-3-2-4-8-16)21-25(12-13-26-21)19-9-5-6-10-20(19)27-22(18)25/h2-10,17,21,26-27H,11-15H2,1H3/t17-,21+,25-/m1/s1. The molecule has 5 rings (SSSR count). The van der Waals surface area contributed by atoms with Crippen molar-refractivity contribution in [2.75, 3.05) is 25.6 Å². The van der Waals surface area contributed by atoms with Gasteiger partial charge in [-0.2, -0.15) is 0 Å². The van der Waals surface area contributed by atoms with Crippen LogP contribution in [-0.4, -0.2) is 38.2 Å². The molecule has 2 aromatic carbocycles. The van der Waals surface area contributed by atoms with Gasteiger partial charge in [-0.25, -0.2) is 9.59 Å². The minimum Gasteiger partial charge on any atom is -0.466 e. The zero-order valence-corrected chi connectivity index (χ0v) is 17.5. The van der Waals surface area contributed by atoms with Crippen molar-refractivity contribution in [2.24, 2.45) is 5.92 Å². The average molecular weight is 418 g/mol. The Kier molecular flexibility index (Phi) is 5.02. The second-order valence-electron chi connectivity index (χ2n) is 8.42. The van der Waals surface area contributed by atoms with E-state index >= 15 is 0 Å². The summed E-state index contributed by atoms with van der Waals surface area (Å²) >= 11 is 0. The van der Waals surface area contributed by atoms with Gasteiger partial charge in [-0.1, -0.05) is 36.4 Å². The minimum atomic E-state index is -0.317. The lowest BCUT2D eigenvalue weighted by Gasteiger charge is -2.42. The highest BCUT2D eigenvalue weighted by molar-refractivity contribution is 5.93. The summed E-state index contributed by atoms with van der Waals surface area (Å²) in [5, 5.41) is 7.23. The second-order valence-corrected chi connectivity index (χ2v) is 8.42. The topological polar surface area (TPSA) is 76.7 Å². The van der Waals surface area contributed by atoms with E-state index < -0.39 is 0 Å². The van der Waals surface area contributed by atoms with Crippen LogP contribution in [0.3, 0.4) is 0 Å². The van der Waals surface area contributed by atoms with E-state index in [1.165, 1.54) is 12.7 Å². The normalized spacial score (nSPS) is 25.8. The number of esters is 2. The highest BCUT2D eigenvalue weighted by Gasteiger charge is 2.58. The predicted octanol–water partition coefficient (Wildman–Crippen LogP) is 3.41. The molecule has 0 unspecified atom stereocenters. The zero-order valence-electron chi connectivity index (χ0n) is 17.5. The molecule has 0 bridgehead atoms. The lowest BCUT2D eigenvalue weighted by Crippen LogP contribution is -2.50. The molecule has 6 heteroatoms. The fraction of sp³-hybridized carbons (Fsp3) is 0.360. The zero-order chi connectivity index (χ0) is 21.4. The molecule has 160 valence electrons. The number of anilines is 1. The van der Waals surface area contributed by atoms with Crippen LogP contribution in [0.15, 0.2) is 65.9 Å². The van der Waals surface area contributed by atoms with E-state index in [2.05, 4.69) is 28.8 Å². The molecule has 0 amide bonds. The highest BCUT2D eigenvalue weighted by atomic mass is 16.5. The fourth-order valence-corrected chi connectivity index (χ4v) is 5.63. The van der Waals surface area contributed by atoms with Crippen molar-refractivity contribution in [2.45, 2.75) is 30.7 Å². The maximum atomic E-state index is 12.7. The molecule has 0 saturated carbocycles. The molecular formula is C25H26N2O4. The number of benzene rings is 2. The van der Waals surface area contributed by atoms with Crippen LogP contribution in [0.25, 0.3) is 0 Å². The third kappa shape index (κ3) is 3.13. The van der Waals surface area contributed by atoms with Crippen molar-refractivity contribution < 1.29 is 19.1 Å². The molecule has 1 aliphatic carbocycles. The molecule has 3 atom stereocenters. The van der Waals surface area contributed by atoms with E-state index in [1.54, 1.807) is 12.1 Å². The van der Waals surface area contributed by atoms with Crippen LogP contribution in [0.5, 0.6) is 0 Å². The van der Waals surface area contributed by atoms with Gasteiger partial charge < -0.3 is 20.1 Å². The van der Waals surface area contributed by atoms with E-state index in [4.69, 9.17) is 9.47 Å². The lowest BCUT2D eigenvalue weighted by atomic mass is 9.63. The first-order valence-corrected chi connectivity index (χ1v) is 10.8. The second kappa shape index (κ2) is 7.85. The van der Waals surface area contributed by atoms with Crippen molar-refractivity contribution >= 4 is 17.6 Å². The van der Waals surface area contributed by atoms with Crippen LogP contribution < -0.4 is 10.6 Å². The van der Waals surface area contributed by atoms with Crippen molar-refractivity contribution in [3.05, 3.63) is 77.0 Å². The summed E-state index contributed by atoms with van der Waals surface area (Å²) in [6.07, 6.45) is 2.18. The largest absolute Gasteiger partial charge is 0.466 e. The summed E-state index contributed by atoms with van der Waals surface area (Å²) in [6, 6.07) is 17.5. The number of nitrogens with one attached hydrogen (secondary N) is 2. The maximum Gasteiger partial charge on any atom is 0.338 e. The number of para-hydroxylation sites is 1. The molecule has 2 N–H and O–H groups in total. The van der Waals surface area contributed by atoms with E-state index in [0.29, 0.717) is 30.6 Å². The van der Waals surface area contributed by atoms with Crippen LogP contribution in [0.4, 0.5) is 5.69 Å². The van der Waals surface area contributed by atoms with Crippen LogP contribution in [0.1, 0.15) is 35.2 Å². The lowest BCUT2D eigenvalue weighted by molar-refractivity contribution is -0.136. The highest BCUT2D eigenvalue weighted by Crippen LogP contribution is 2.56. The molecule has 0 radical (unpaired) electrons. The van der Waals surface area contributed by atoms with Gasteiger partial charge in [0, 0.05) is 17.4 Å². The SMILES string of the molecule is COC(=O)C1=C2Nc3ccccc3[C@@]23CCN[C@H]3[C@H](CCOC(=O)c2ccccc2)C1. The van der Waals surface area contributed by atoms with Gasteiger partial charge in [0.25, 0.3) is 0 Å². The van der Waals surface area contributed by atoms with E-state index in [1.807, 2.05) is 24.3 Å². The maximum absolute atomic E-state index is 12.7. The Morgan fingerprint density at radius 1 is 1.06 bits per heavy atom. The van der Waals surface area contributed by atoms with Crippen LogP contribution >= 0.6 is 0 Å². The number of ether oxygens (including phenoxy) is 2. The van der Waals surface area contributed by atoms with E-state index in [0.717, 1.165) is 24.4 Å². The van der Waals surface area contributed by atoms with E-state index in [-0.39, 0.29) is 29.3 Å². The molecule has 0 aromatic heterocycles. The van der Waals surface area contributed by atoms with Gasteiger partial charge in [0.2, 0.25) is 0 Å². The third-order valence-corrected chi connectivity index (χ3v) is 6.93. The first-order chi connectivity index (χ1) is 15.1. The summed E-state index contributed by atoms with van der Waals surface area (Å²) in [5.41, 5.74) is 4.25. The average Bonchev–Trinajstić information content (AvgIpc) is 3.40. The number of fused-ring (bicyclic) bond motifs is 1. The molecule has 6 nitrogen and oxygen atoms in total. The Hall–Kier alpha value is -3.12. The van der Waals surface area contributed by atoms with Gasteiger partial charge in [-0.05, 0) is 55.5 Å². The van der Waals surface area contributed by atoms with Crippen molar-refractivity contribution in [3.8, 4) is 0 Å². The first-order valence-electron chi connectivity index (χ1n) is 10.8. The molecular weight excluding hydrogens is 392 g/mol. The first kappa shape index (κ1) is 19.8. The summed E-state index contributed by atoms with van der Waals surface area (Å²) < 4.78 is 10.7. The van der Waals surface area contributed by atoms with Gasteiger partial charge >= 0.3 is 11.9 Å². The van der Waals surface area contributed by atoms with Gasteiger partial charge in [0.1, 0.15) is 0 Å². The third-order valence-electron chi connectivity index (χ3n) is 6.93. The molecule has 3 aliphatic rings. The number of carbonyl (C=O) groups is 2. The van der Waals surface area contributed by atoms with Crippen LogP contribution in [0.2, 0.25) is 0 Å². The van der Waals surface area contributed by atoms with Crippen molar-refractivity contribution in [1.29, 1.82) is 0 Å². The Balaban J connectivity index is 1.42. The molecule has 1 spiro atoms. The number of hydrogen-bond donors (Lipinski definition) is 2. The Labute approximate surface area is 181 Å². The number of methoxy groups -OCH3 is 1. The number of carbonyl (C=O) groups excluding carboxylic acids is 2. The number of rotatable bonds is 5. The van der Waals surface area contributed by atoms with Crippen molar-refractivity contribution in [3.63, 3.8) is 0 Å². The predicted molar refractivity (Wildman–Crippen MR) is 117 cm³/mol. The summed E-state index contributed by atoms with van der Waals surface area (Å²) in [6.45, 7) is 1.18. The summed E-state index contributed by atoms with van der Waals surface area (Å²) in [4.78, 5) is 25.1. The van der Waals surface area contributed by atoms with Crippen molar-refractivity contribution in [1.82, 2.24) is 5.32 Å². The summed E-state index contributed by atoms with van der Waals surface area (Å²) in [5.74, 6) is -0.453. The monoisotopic (exact) mass is 418 g/mol. The molecule has 31 heavy (non-hydrogen) atoms. The summed E-state index contributed by atoms with van der Waals surface area (Å²) in [7, 11) is 1.43. The van der Waals surface area contributed by atoms with Gasteiger partial charge in [0.05, 0.1) is 30.3 Å². The Morgan fingerprint density at radius 2 is 1.84 bits per heavy atom. The number of hydrogen-bond acceptors (Lipinski definition) is 6. The van der Waals surface area contributed by atoms with E-state index in [9.17, 15) is 9.59 Å². The molecule has 2 heterocycles. The van der Waals surface area contributed by atoms with Gasteiger partial charge in [-0.3, -0.25) is 0 Å². The molecule has 1 saturated heterocycles. The smallest absolute Gasteiger partial charge is 0.338 e. The quantitative estimate of drug-likeness (QED) is 0.725. The molecule has 1 fully saturated rings. The Morgan fingerprint density at radius 3 is 2.65 bits per heavy atom. The molecule has 2 aliphatic heterocycles.